The van der Waals surface area contributed by atoms with Crippen LogP contribution >= 0.6 is 0 Å². The Hall–Kier alpha value is -3.21. The minimum Gasteiger partial charge on any atom is -0.351 e. The number of aryl methyl sites for hydroxylation is 1. The number of carbonyl (C=O) groups is 2. The predicted molar refractivity (Wildman–Crippen MR) is 85.5 cm³/mol. The lowest BCUT2D eigenvalue weighted by molar-refractivity contribution is 0.0988. The SMILES string of the molecule is Cc1ccc(NC(=O)c2ccno2)c(C(=O)c2ccccc2)c1. The molecule has 1 amide bonds. The van der Waals surface area contributed by atoms with Gasteiger partial charge in [-0.2, -0.15) is 0 Å². The molecule has 1 heterocycles. The summed E-state index contributed by atoms with van der Waals surface area (Å²) in [6, 6.07) is 15.7. The Morgan fingerprint density at radius 3 is 2.52 bits per heavy atom. The van der Waals surface area contributed by atoms with E-state index in [-0.39, 0.29) is 11.5 Å². The van der Waals surface area contributed by atoms with E-state index in [4.69, 9.17) is 4.52 Å². The average molecular weight is 306 g/mol. The van der Waals surface area contributed by atoms with E-state index in [9.17, 15) is 9.59 Å². The van der Waals surface area contributed by atoms with Crippen molar-refractivity contribution in [1.29, 1.82) is 0 Å². The Balaban J connectivity index is 1.95. The fourth-order valence-electron chi connectivity index (χ4n) is 2.22. The van der Waals surface area contributed by atoms with Gasteiger partial charge in [-0.25, -0.2) is 0 Å². The van der Waals surface area contributed by atoms with Gasteiger partial charge >= 0.3 is 0 Å². The van der Waals surface area contributed by atoms with Gasteiger partial charge in [-0.3, -0.25) is 9.59 Å². The topological polar surface area (TPSA) is 72.2 Å². The van der Waals surface area contributed by atoms with Crippen molar-refractivity contribution in [1.82, 2.24) is 5.16 Å². The molecule has 23 heavy (non-hydrogen) atoms. The number of hydrogen-bond donors (Lipinski definition) is 1. The Morgan fingerprint density at radius 1 is 1.04 bits per heavy atom. The molecule has 2 aromatic carbocycles. The summed E-state index contributed by atoms with van der Waals surface area (Å²) in [6.07, 6.45) is 1.39. The van der Waals surface area contributed by atoms with Crippen LogP contribution in [0.3, 0.4) is 0 Å². The van der Waals surface area contributed by atoms with E-state index in [1.54, 1.807) is 36.4 Å². The van der Waals surface area contributed by atoms with Crippen molar-refractivity contribution < 1.29 is 14.1 Å². The zero-order valence-electron chi connectivity index (χ0n) is 12.4. The lowest BCUT2D eigenvalue weighted by Crippen LogP contribution is -2.15. The van der Waals surface area contributed by atoms with Crippen LogP contribution in [-0.2, 0) is 0 Å². The molecule has 3 rings (SSSR count). The second-order valence-corrected chi connectivity index (χ2v) is 5.07. The second-order valence-electron chi connectivity index (χ2n) is 5.07. The Bertz CT molecular complexity index is 840. The Labute approximate surface area is 132 Å². The molecule has 0 atom stereocenters. The van der Waals surface area contributed by atoms with E-state index >= 15 is 0 Å². The van der Waals surface area contributed by atoms with Gasteiger partial charge in [-0.1, -0.05) is 47.1 Å². The monoisotopic (exact) mass is 306 g/mol. The number of amides is 1. The van der Waals surface area contributed by atoms with Gasteiger partial charge in [-0.15, -0.1) is 0 Å². The standard InChI is InChI=1S/C18H14N2O3/c1-12-7-8-15(20-18(22)16-9-10-19-23-16)14(11-12)17(21)13-5-3-2-4-6-13/h2-11H,1H3,(H,20,22). The van der Waals surface area contributed by atoms with Crippen molar-refractivity contribution in [3.8, 4) is 0 Å². The molecule has 1 N–H and O–H groups in total. The predicted octanol–water partition coefficient (Wildman–Crippen LogP) is 3.47. The van der Waals surface area contributed by atoms with Crippen molar-refractivity contribution in [3.63, 3.8) is 0 Å². The number of nitrogens with one attached hydrogen (secondary N) is 1. The first-order chi connectivity index (χ1) is 11.1. The zero-order valence-corrected chi connectivity index (χ0v) is 12.4. The summed E-state index contributed by atoms with van der Waals surface area (Å²) in [5.41, 5.74) is 2.37. The molecule has 3 aromatic rings. The van der Waals surface area contributed by atoms with Crippen LogP contribution in [0.5, 0.6) is 0 Å². The molecule has 0 radical (unpaired) electrons. The smallest absolute Gasteiger partial charge is 0.294 e. The summed E-state index contributed by atoms with van der Waals surface area (Å²) in [5.74, 6) is -0.515. The van der Waals surface area contributed by atoms with Gasteiger partial charge in [0.25, 0.3) is 5.91 Å². The van der Waals surface area contributed by atoms with Crippen molar-refractivity contribution in [2.45, 2.75) is 6.92 Å². The first-order valence-corrected chi connectivity index (χ1v) is 7.07. The number of ketones is 1. The molecular formula is C18H14N2O3. The highest BCUT2D eigenvalue weighted by Gasteiger charge is 2.17. The summed E-state index contributed by atoms with van der Waals surface area (Å²) >= 11 is 0. The van der Waals surface area contributed by atoms with E-state index in [2.05, 4.69) is 10.5 Å². The maximum Gasteiger partial charge on any atom is 0.294 e. The molecule has 0 fully saturated rings. The first kappa shape index (κ1) is 14.7. The van der Waals surface area contributed by atoms with Gasteiger partial charge in [0, 0.05) is 17.2 Å². The van der Waals surface area contributed by atoms with Crippen molar-refractivity contribution in [3.05, 3.63) is 83.2 Å². The van der Waals surface area contributed by atoms with Gasteiger partial charge in [-0.05, 0) is 19.1 Å². The lowest BCUT2D eigenvalue weighted by atomic mass is 9.99. The highest BCUT2D eigenvalue weighted by Crippen LogP contribution is 2.22. The van der Waals surface area contributed by atoms with Crippen LogP contribution in [0.15, 0.2) is 65.3 Å². The molecule has 5 heteroatoms. The molecule has 0 aliphatic rings. The lowest BCUT2D eigenvalue weighted by Gasteiger charge is -2.10. The number of hydrogen-bond acceptors (Lipinski definition) is 4. The van der Waals surface area contributed by atoms with Gasteiger partial charge in [0.15, 0.2) is 5.78 Å². The molecule has 0 bridgehead atoms. The minimum absolute atomic E-state index is 0.0867. The van der Waals surface area contributed by atoms with E-state index in [0.717, 1.165) is 5.56 Å². The summed E-state index contributed by atoms with van der Waals surface area (Å²) < 4.78 is 4.83. The fourth-order valence-corrected chi connectivity index (χ4v) is 2.22. The first-order valence-electron chi connectivity index (χ1n) is 7.07. The molecule has 0 spiro atoms. The average Bonchev–Trinajstić information content (AvgIpc) is 3.11. The molecular weight excluding hydrogens is 292 g/mol. The summed E-state index contributed by atoms with van der Waals surface area (Å²) in [5, 5.41) is 6.20. The van der Waals surface area contributed by atoms with Crippen molar-refractivity contribution in [2.75, 3.05) is 5.32 Å². The third-order valence-electron chi connectivity index (χ3n) is 3.37. The van der Waals surface area contributed by atoms with Crippen LogP contribution in [-0.4, -0.2) is 16.8 Å². The van der Waals surface area contributed by atoms with Crippen LogP contribution in [0, 0.1) is 6.92 Å². The van der Waals surface area contributed by atoms with E-state index in [0.29, 0.717) is 16.8 Å². The number of benzene rings is 2. The second kappa shape index (κ2) is 6.27. The largest absolute Gasteiger partial charge is 0.351 e. The zero-order chi connectivity index (χ0) is 16.2. The van der Waals surface area contributed by atoms with Gasteiger partial charge < -0.3 is 9.84 Å². The summed E-state index contributed by atoms with van der Waals surface area (Å²) in [6.45, 7) is 1.89. The number of carbonyl (C=O) groups excluding carboxylic acids is 2. The van der Waals surface area contributed by atoms with Crippen molar-refractivity contribution >= 4 is 17.4 Å². The van der Waals surface area contributed by atoms with Crippen LogP contribution in [0.25, 0.3) is 0 Å². The normalized spacial score (nSPS) is 10.3. The highest BCUT2D eigenvalue weighted by atomic mass is 16.5. The van der Waals surface area contributed by atoms with Crippen LogP contribution in [0.2, 0.25) is 0 Å². The molecule has 114 valence electrons. The summed E-state index contributed by atoms with van der Waals surface area (Å²) in [4.78, 5) is 24.8. The van der Waals surface area contributed by atoms with E-state index in [1.165, 1.54) is 12.3 Å². The molecule has 0 saturated carbocycles. The maximum absolute atomic E-state index is 12.7. The highest BCUT2D eigenvalue weighted by molar-refractivity contribution is 6.15. The molecule has 5 nitrogen and oxygen atoms in total. The van der Waals surface area contributed by atoms with Crippen LogP contribution in [0.4, 0.5) is 5.69 Å². The number of nitrogens with zero attached hydrogens (tertiary/aromatic N) is 1. The number of rotatable bonds is 4. The van der Waals surface area contributed by atoms with Gasteiger partial charge in [0.2, 0.25) is 5.76 Å². The Kier molecular flexibility index (Phi) is 4.01. The summed E-state index contributed by atoms with van der Waals surface area (Å²) in [7, 11) is 0. The molecule has 0 unspecified atom stereocenters. The quantitative estimate of drug-likeness (QED) is 0.749. The third-order valence-corrected chi connectivity index (χ3v) is 3.37. The number of anilines is 1. The van der Waals surface area contributed by atoms with Crippen LogP contribution in [0.1, 0.15) is 32.0 Å². The molecule has 0 saturated heterocycles. The van der Waals surface area contributed by atoms with Gasteiger partial charge in [0.1, 0.15) is 0 Å². The molecule has 0 aliphatic heterocycles. The molecule has 1 aromatic heterocycles. The maximum atomic E-state index is 12.7. The van der Waals surface area contributed by atoms with E-state index < -0.39 is 5.91 Å². The van der Waals surface area contributed by atoms with Crippen molar-refractivity contribution in [2.24, 2.45) is 0 Å². The number of aromatic nitrogens is 1. The fraction of sp³-hybridized carbons (Fsp3) is 0.0556. The molecule has 0 aliphatic carbocycles. The van der Waals surface area contributed by atoms with Gasteiger partial charge in [0.05, 0.1) is 11.9 Å². The Morgan fingerprint density at radius 2 is 1.83 bits per heavy atom. The minimum atomic E-state index is -0.450. The van der Waals surface area contributed by atoms with E-state index in [1.807, 2.05) is 19.1 Å². The third kappa shape index (κ3) is 3.18. The van der Waals surface area contributed by atoms with Crippen LogP contribution < -0.4 is 5.32 Å².